The summed E-state index contributed by atoms with van der Waals surface area (Å²) in [5.74, 6) is 0. The molecule has 0 saturated heterocycles. The van der Waals surface area contributed by atoms with Crippen molar-refractivity contribution in [3.63, 3.8) is 0 Å². The second-order valence-corrected chi connectivity index (χ2v) is 4.54. The second kappa shape index (κ2) is 18.8. The molecule has 20 heavy (non-hydrogen) atoms. The topological polar surface area (TPSA) is 77.4 Å². The van der Waals surface area contributed by atoms with E-state index in [0.717, 1.165) is 39.3 Å². The molecule has 0 spiro atoms. The SMILES string of the molecule is CC(O)COCC(C)O.COCCCOCCCOC. The molecule has 0 aromatic rings. The molecule has 0 aliphatic heterocycles. The molecule has 2 N–H and O–H groups in total. The van der Waals surface area contributed by atoms with Gasteiger partial charge < -0.3 is 29.2 Å². The van der Waals surface area contributed by atoms with E-state index in [1.165, 1.54) is 0 Å². The first-order chi connectivity index (χ1) is 9.54. The Morgan fingerprint density at radius 2 is 1.10 bits per heavy atom. The van der Waals surface area contributed by atoms with E-state index in [2.05, 4.69) is 0 Å². The summed E-state index contributed by atoms with van der Waals surface area (Å²) in [7, 11) is 3.40. The van der Waals surface area contributed by atoms with Crippen molar-refractivity contribution in [1.29, 1.82) is 0 Å². The van der Waals surface area contributed by atoms with Crippen LogP contribution in [-0.4, -0.2) is 76.3 Å². The zero-order valence-corrected chi connectivity index (χ0v) is 13.3. The minimum Gasteiger partial charge on any atom is -0.391 e. The molecular weight excluding hydrogens is 264 g/mol. The van der Waals surface area contributed by atoms with Gasteiger partial charge >= 0.3 is 0 Å². The highest BCUT2D eigenvalue weighted by Gasteiger charge is 1.97. The van der Waals surface area contributed by atoms with Crippen LogP contribution in [-0.2, 0) is 18.9 Å². The molecule has 6 nitrogen and oxygen atoms in total. The first-order valence-electron chi connectivity index (χ1n) is 7.04. The highest BCUT2D eigenvalue weighted by atomic mass is 16.5. The van der Waals surface area contributed by atoms with Gasteiger partial charge in [0.05, 0.1) is 25.4 Å². The van der Waals surface area contributed by atoms with Crippen LogP contribution >= 0.6 is 0 Å². The van der Waals surface area contributed by atoms with Crippen molar-refractivity contribution in [2.24, 2.45) is 0 Å². The number of hydrogen-bond acceptors (Lipinski definition) is 6. The number of rotatable bonds is 12. The lowest BCUT2D eigenvalue weighted by molar-refractivity contribution is 0.00392. The molecule has 0 rings (SSSR count). The van der Waals surface area contributed by atoms with Crippen molar-refractivity contribution < 1.29 is 29.2 Å². The van der Waals surface area contributed by atoms with E-state index in [0.29, 0.717) is 13.2 Å². The maximum absolute atomic E-state index is 8.66. The molecule has 2 unspecified atom stereocenters. The van der Waals surface area contributed by atoms with E-state index in [1.807, 2.05) is 0 Å². The third-order valence-electron chi connectivity index (χ3n) is 1.99. The monoisotopic (exact) mass is 296 g/mol. The smallest absolute Gasteiger partial charge is 0.0745 e. The average molecular weight is 296 g/mol. The molecule has 0 saturated carbocycles. The van der Waals surface area contributed by atoms with E-state index in [1.54, 1.807) is 28.1 Å². The Morgan fingerprint density at radius 3 is 1.40 bits per heavy atom. The van der Waals surface area contributed by atoms with Crippen LogP contribution in [0, 0.1) is 0 Å². The van der Waals surface area contributed by atoms with Gasteiger partial charge in [0.25, 0.3) is 0 Å². The molecule has 0 heterocycles. The Labute approximate surface area is 123 Å². The van der Waals surface area contributed by atoms with Crippen LogP contribution in [0.1, 0.15) is 26.7 Å². The lowest BCUT2D eigenvalue weighted by Crippen LogP contribution is -2.16. The molecule has 0 aliphatic rings. The van der Waals surface area contributed by atoms with E-state index < -0.39 is 12.2 Å². The van der Waals surface area contributed by atoms with Crippen LogP contribution in [0.15, 0.2) is 0 Å². The van der Waals surface area contributed by atoms with Crippen molar-refractivity contribution in [3.8, 4) is 0 Å². The van der Waals surface area contributed by atoms with Crippen LogP contribution in [0.3, 0.4) is 0 Å². The molecule has 0 fully saturated rings. The molecule has 0 radical (unpaired) electrons. The van der Waals surface area contributed by atoms with Gasteiger partial charge in [-0.05, 0) is 26.7 Å². The summed E-state index contributed by atoms with van der Waals surface area (Å²) in [6.07, 6.45) is 1.07. The summed E-state index contributed by atoms with van der Waals surface area (Å²) in [4.78, 5) is 0. The largest absolute Gasteiger partial charge is 0.391 e. The Balaban J connectivity index is 0. The fourth-order valence-electron chi connectivity index (χ4n) is 1.12. The predicted octanol–water partition coefficient (Wildman–Crippen LogP) is 0.841. The third kappa shape index (κ3) is 26.3. The van der Waals surface area contributed by atoms with Gasteiger partial charge in [0, 0.05) is 40.6 Å². The van der Waals surface area contributed by atoms with Gasteiger partial charge in [0.2, 0.25) is 0 Å². The first-order valence-corrected chi connectivity index (χ1v) is 7.04. The molecule has 0 bridgehead atoms. The number of hydrogen-bond donors (Lipinski definition) is 2. The Kier molecular flexibility index (Phi) is 20.7. The van der Waals surface area contributed by atoms with Gasteiger partial charge in [-0.15, -0.1) is 0 Å². The fourth-order valence-corrected chi connectivity index (χ4v) is 1.12. The molecule has 6 heteroatoms. The van der Waals surface area contributed by atoms with Crippen molar-refractivity contribution >= 4 is 0 Å². The zero-order valence-electron chi connectivity index (χ0n) is 13.3. The van der Waals surface area contributed by atoms with E-state index in [-0.39, 0.29) is 0 Å². The number of aliphatic hydroxyl groups excluding tert-OH is 2. The van der Waals surface area contributed by atoms with Gasteiger partial charge in [0.1, 0.15) is 0 Å². The van der Waals surface area contributed by atoms with Crippen LogP contribution in [0.25, 0.3) is 0 Å². The Morgan fingerprint density at radius 1 is 0.700 bits per heavy atom. The summed E-state index contributed by atoms with van der Waals surface area (Å²) in [6.45, 7) is 7.02. The van der Waals surface area contributed by atoms with Gasteiger partial charge in [-0.25, -0.2) is 0 Å². The normalized spacial score (nSPS) is 13.5. The van der Waals surface area contributed by atoms with E-state index >= 15 is 0 Å². The summed E-state index contributed by atoms with van der Waals surface area (Å²) in [6, 6.07) is 0. The maximum atomic E-state index is 8.66. The molecular formula is C14H32O6. The van der Waals surface area contributed by atoms with Crippen LogP contribution in [0.5, 0.6) is 0 Å². The lowest BCUT2D eigenvalue weighted by atomic mass is 10.4. The minimum atomic E-state index is -0.441. The lowest BCUT2D eigenvalue weighted by Gasteiger charge is -2.06. The summed E-state index contributed by atoms with van der Waals surface area (Å²) >= 11 is 0. The molecule has 0 aliphatic carbocycles. The van der Waals surface area contributed by atoms with Crippen molar-refractivity contribution in [2.75, 3.05) is 53.9 Å². The zero-order chi connectivity index (χ0) is 15.6. The summed E-state index contributed by atoms with van der Waals surface area (Å²) < 4.78 is 19.9. The molecule has 2 atom stereocenters. The maximum Gasteiger partial charge on any atom is 0.0745 e. The number of ether oxygens (including phenoxy) is 4. The number of methoxy groups -OCH3 is 2. The van der Waals surface area contributed by atoms with E-state index in [4.69, 9.17) is 29.2 Å². The standard InChI is InChI=1S/C8H18O3.C6H14O3/c1-9-5-3-7-11-8-4-6-10-2;1-5(7)3-9-4-6(2)8/h3-8H2,1-2H3;5-8H,3-4H2,1-2H3. The second-order valence-electron chi connectivity index (χ2n) is 4.54. The predicted molar refractivity (Wildman–Crippen MR) is 78.0 cm³/mol. The van der Waals surface area contributed by atoms with Crippen LogP contribution in [0.4, 0.5) is 0 Å². The highest BCUT2D eigenvalue weighted by Crippen LogP contribution is 1.87. The van der Waals surface area contributed by atoms with Gasteiger partial charge in [0.15, 0.2) is 0 Å². The van der Waals surface area contributed by atoms with Gasteiger partial charge in [-0.2, -0.15) is 0 Å². The quantitative estimate of drug-likeness (QED) is 0.520. The first kappa shape index (κ1) is 22.0. The van der Waals surface area contributed by atoms with Gasteiger partial charge in [-0.3, -0.25) is 0 Å². The molecule has 0 aromatic carbocycles. The fraction of sp³-hybridized carbons (Fsp3) is 1.00. The van der Waals surface area contributed by atoms with Gasteiger partial charge in [-0.1, -0.05) is 0 Å². The third-order valence-corrected chi connectivity index (χ3v) is 1.99. The molecule has 124 valence electrons. The van der Waals surface area contributed by atoms with E-state index in [9.17, 15) is 0 Å². The van der Waals surface area contributed by atoms with Crippen molar-refractivity contribution in [2.45, 2.75) is 38.9 Å². The highest BCUT2D eigenvalue weighted by molar-refractivity contribution is 4.45. The molecule has 0 amide bonds. The Hall–Kier alpha value is -0.240. The van der Waals surface area contributed by atoms with Crippen molar-refractivity contribution in [1.82, 2.24) is 0 Å². The van der Waals surface area contributed by atoms with Crippen LogP contribution < -0.4 is 0 Å². The molecule has 0 aromatic heterocycles. The average Bonchev–Trinajstić information content (AvgIpc) is 2.38. The minimum absolute atomic E-state index is 0.297. The Bertz CT molecular complexity index is 148. The summed E-state index contributed by atoms with van der Waals surface area (Å²) in [5, 5.41) is 17.3. The van der Waals surface area contributed by atoms with Crippen LogP contribution in [0.2, 0.25) is 0 Å². The number of aliphatic hydroxyl groups is 2. The van der Waals surface area contributed by atoms with Crippen molar-refractivity contribution in [3.05, 3.63) is 0 Å². The summed E-state index contributed by atoms with van der Waals surface area (Å²) in [5.41, 5.74) is 0.